The molecule has 0 saturated heterocycles. The van der Waals surface area contributed by atoms with E-state index in [1.807, 2.05) is 0 Å². The highest BCUT2D eigenvalue weighted by molar-refractivity contribution is 6.11. The number of ketones is 1. The quantitative estimate of drug-likeness (QED) is 0.0331. The Labute approximate surface area is 277 Å². The van der Waals surface area contributed by atoms with Crippen molar-refractivity contribution in [2.45, 2.75) is 89.5 Å². The number of nitrogens with zero attached hydrogens (tertiary/aromatic N) is 2. The van der Waals surface area contributed by atoms with Crippen LogP contribution in [0.25, 0.3) is 0 Å². The molecule has 0 saturated carbocycles. The summed E-state index contributed by atoms with van der Waals surface area (Å²) in [7, 11) is 0. The lowest BCUT2D eigenvalue weighted by atomic mass is 9.88. The van der Waals surface area contributed by atoms with E-state index in [0.29, 0.717) is 10.5 Å². The number of primary amides is 1. The van der Waals surface area contributed by atoms with Gasteiger partial charge in [-0.1, -0.05) is 26.0 Å². The van der Waals surface area contributed by atoms with Crippen LogP contribution >= 0.6 is 0 Å². The number of hydrogen-bond donors (Lipinski definition) is 9. The number of amides is 5. The van der Waals surface area contributed by atoms with Gasteiger partial charge in [-0.05, 0) is 57.2 Å². The van der Waals surface area contributed by atoms with Gasteiger partial charge in [0.2, 0.25) is 23.6 Å². The average Bonchev–Trinajstić information content (AvgIpc) is 2.96. The monoisotopic (exact) mass is 677 g/mol. The number of phenols is 1. The molecule has 266 valence electrons. The van der Waals surface area contributed by atoms with Crippen LogP contribution in [0.1, 0.15) is 59.4 Å². The molecule has 1 aromatic rings. The number of carbonyl (C=O) groups excluding carboxylic acids is 6. The van der Waals surface area contributed by atoms with Gasteiger partial charge in [0.15, 0.2) is 17.3 Å². The van der Waals surface area contributed by atoms with Crippen molar-refractivity contribution in [3.8, 4) is 5.75 Å². The molecule has 0 radical (unpaired) electrons. The topological polar surface area (TPSA) is 330 Å². The molecular weight excluding hydrogens is 630 g/mol. The Balaban J connectivity index is 3.50. The van der Waals surface area contributed by atoms with Crippen LogP contribution in [0.4, 0.5) is 0 Å². The zero-order chi connectivity index (χ0) is 37.1. The number of rotatable bonds is 18. The molecule has 0 spiro atoms. The normalized spacial score (nSPS) is 14.4. The van der Waals surface area contributed by atoms with Crippen LogP contribution < -0.4 is 39.3 Å². The summed E-state index contributed by atoms with van der Waals surface area (Å²) in [6.45, 7) is 6.65. The third kappa shape index (κ3) is 11.6. The maximum absolute atomic E-state index is 14.1. The minimum Gasteiger partial charge on any atom is -0.508 e. The van der Waals surface area contributed by atoms with Gasteiger partial charge in [-0.25, -0.2) is 0 Å². The molecule has 1 rings (SSSR count). The highest BCUT2D eigenvalue weighted by Crippen LogP contribution is 2.20. The highest BCUT2D eigenvalue weighted by atomic mass is 16.4. The van der Waals surface area contributed by atoms with Crippen molar-refractivity contribution in [1.29, 1.82) is 0 Å². The van der Waals surface area contributed by atoms with Crippen molar-refractivity contribution in [3.63, 3.8) is 0 Å². The Kier molecular flexibility index (Phi) is 14.6. The minimum atomic E-state index is -2.19. The van der Waals surface area contributed by atoms with Gasteiger partial charge in [0.25, 0.3) is 5.91 Å². The molecule has 14 N–H and O–H groups in total. The van der Waals surface area contributed by atoms with Crippen molar-refractivity contribution in [2.24, 2.45) is 39.6 Å². The predicted octanol–water partition coefficient (Wildman–Crippen LogP) is -2.68. The van der Waals surface area contributed by atoms with E-state index in [4.69, 9.17) is 28.7 Å². The van der Waals surface area contributed by atoms with Gasteiger partial charge >= 0.3 is 5.97 Å². The van der Waals surface area contributed by atoms with E-state index in [1.54, 1.807) is 0 Å². The number of aliphatic imine (C=N–C) groups is 1. The maximum Gasteiger partial charge on any atom is 0.305 e. The van der Waals surface area contributed by atoms with Crippen molar-refractivity contribution < 1.29 is 43.8 Å². The number of phenolic OH excluding ortho intramolecular Hbond substituents is 1. The first-order valence-corrected chi connectivity index (χ1v) is 14.9. The van der Waals surface area contributed by atoms with Gasteiger partial charge in [0.05, 0.1) is 12.0 Å². The molecule has 0 fully saturated rings. The predicted molar refractivity (Wildman–Crippen MR) is 173 cm³/mol. The van der Waals surface area contributed by atoms with Crippen molar-refractivity contribution in [2.75, 3.05) is 6.54 Å². The second-order valence-electron chi connectivity index (χ2n) is 12.3. The Hall–Kier alpha value is -5.10. The molecule has 0 bridgehead atoms. The van der Waals surface area contributed by atoms with Crippen LogP contribution in [0.15, 0.2) is 29.3 Å². The Bertz CT molecular complexity index is 1400. The first-order chi connectivity index (χ1) is 22.0. The lowest BCUT2D eigenvalue weighted by Crippen LogP contribution is -2.66. The van der Waals surface area contributed by atoms with Crippen LogP contribution in [0, 0.1) is 5.92 Å². The number of carboxylic acids is 1. The number of carbonyl (C=O) groups is 7. The van der Waals surface area contributed by atoms with Crippen LogP contribution in [0.2, 0.25) is 0 Å². The van der Waals surface area contributed by atoms with Gasteiger partial charge in [-0.3, -0.25) is 43.5 Å². The van der Waals surface area contributed by atoms with Gasteiger partial charge in [-0.2, -0.15) is 0 Å². The van der Waals surface area contributed by atoms with E-state index in [-0.39, 0.29) is 37.5 Å². The molecule has 4 atom stereocenters. The second-order valence-corrected chi connectivity index (χ2v) is 12.3. The third-order valence-electron chi connectivity index (χ3n) is 7.30. The number of carboxylic acid groups (broad SMARTS) is 1. The highest BCUT2D eigenvalue weighted by Gasteiger charge is 2.45. The zero-order valence-electron chi connectivity index (χ0n) is 27.7. The van der Waals surface area contributed by atoms with E-state index in [2.05, 4.69) is 15.6 Å². The molecule has 48 heavy (non-hydrogen) atoms. The summed E-state index contributed by atoms with van der Waals surface area (Å²) in [5, 5.41) is 23.7. The maximum atomic E-state index is 14.1. The molecule has 0 aromatic heterocycles. The lowest BCUT2D eigenvalue weighted by molar-refractivity contribution is -0.156. The minimum absolute atomic E-state index is 0.0208. The van der Waals surface area contributed by atoms with Gasteiger partial charge < -0.3 is 49.5 Å². The summed E-state index contributed by atoms with van der Waals surface area (Å²) in [4.78, 5) is 95.6. The number of nitrogens with two attached hydrogens (primary N) is 5. The summed E-state index contributed by atoms with van der Waals surface area (Å²) in [6, 6.07) is 0.538. The SMILES string of the molecule is CC(=O)[C@](N)(CCCN=C(N)N)C(=O)N[C@@H](CC(=O)O)C(=O)N[C@H](C(=O)N(C(=O)C(C)(C)N)[C@@H](Cc1ccc(O)cc1)C(N)=O)C(C)C. The van der Waals surface area contributed by atoms with Crippen molar-refractivity contribution in [3.05, 3.63) is 29.8 Å². The number of hydrogen-bond acceptors (Lipinski definition) is 11. The smallest absolute Gasteiger partial charge is 0.305 e. The van der Waals surface area contributed by atoms with Crippen LogP contribution in [0.5, 0.6) is 5.75 Å². The summed E-state index contributed by atoms with van der Waals surface area (Å²) >= 11 is 0. The summed E-state index contributed by atoms with van der Waals surface area (Å²) in [6.07, 6.45) is -1.44. The van der Waals surface area contributed by atoms with Crippen LogP contribution in [-0.2, 0) is 40.0 Å². The molecule has 0 aliphatic rings. The van der Waals surface area contributed by atoms with Gasteiger partial charge in [-0.15, -0.1) is 0 Å². The molecule has 18 heteroatoms. The molecule has 0 heterocycles. The van der Waals surface area contributed by atoms with Crippen LogP contribution in [0.3, 0.4) is 0 Å². The molecule has 18 nitrogen and oxygen atoms in total. The Morgan fingerprint density at radius 3 is 1.96 bits per heavy atom. The number of aliphatic carboxylic acids is 1. The zero-order valence-corrected chi connectivity index (χ0v) is 27.7. The first kappa shape index (κ1) is 40.9. The van der Waals surface area contributed by atoms with Crippen molar-refractivity contribution in [1.82, 2.24) is 15.5 Å². The fourth-order valence-electron chi connectivity index (χ4n) is 4.48. The first-order valence-electron chi connectivity index (χ1n) is 14.9. The van der Waals surface area contributed by atoms with Gasteiger partial charge in [0, 0.05) is 13.0 Å². The fraction of sp³-hybridized carbons (Fsp3) is 0.533. The van der Waals surface area contributed by atoms with Crippen molar-refractivity contribution >= 4 is 47.2 Å². The number of benzene rings is 1. The fourth-order valence-corrected chi connectivity index (χ4v) is 4.48. The molecule has 5 amide bonds. The van der Waals surface area contributed by atoms with Crippen LogP contribution in [-0.4, -0.2) is 98.1 Å². The second kappa shape index (κ2) is 17.2. The lowest BCUT2D eigenvalue weighted by Gasteiger charge is -2.36. The molecule has 0 aliphatic heterocycles. The number of guanidine groups is 1. The standard InChI is InChI=1S/C30H47N9O9/c1-15(2)22(25(46)39(27(48)29(4,5)34)20(23(31)44)13-17-7-9-18(41)10-8-17)38-24(45)19(14-21(42)43)37-26(47)30(35,16(3)40)11-6-12-36-28(32)33/h7-10,15,19-20,22,41H,6,11-14,34-35H2,1-5H3,(H2,31,44)(H,37,47)(H,38,45)(H,42,43)(H4,32,33,36)/t19-,20-,22-,30+/m0/s1. The number of aromatic hydroxyl groups is 1. The number of Topliss-reactive ketones (excluding diaryl/α,β-unsaturated/α-hetero) is 1. The molecule has 0 unspecified atom stereocenters. The Morgan fingerprint density at radius 2 is 1.52 bits per heavy atom. The summed E-state index contributed by atoms with van der Waals surface area (Å²) in [5.74, 6) is -8.92. The van der Waals surface area contributed by atoms with E-state index >= 15 is 0 Å². The average molecular weight is 678 g/mol. The molecular formula is C30H47N9O9. The number of imide groups is 1. The summed E-state index contributed by atoms with van der Waals surface area (Å²) in [5.41, 5.74) is 24.9. The molecule has 1 aromatic carbocycles. The largest absolute Gasteiger partial charge is 0.508 e. The Morgan fingerprint density at radius 1 is 0.958 bits per heavy atom. The third-order valence-corrected chi connectivity index (χ3v) is 7.30. The van der Waals surface area contributed by atoms with E-state index in [0.717, 1.165) is 6.92 Å². The van der Waals surface area contributed by atoms with E-state index < -0.39 is 82.8 Å². The number of nitrogens with one attached hydrogen (secondary N) is 2. The van der Waals surface area contributed by atoms with E-state index in [1.165, 1.54) is 52.0 Å². The van der Waals surface area contributed by atoms with Gasteiger partial charge in [0.1, 0.15) is 23.9 Å². The molecule has 0 aliphatic carbocycles. The summed E-state index contributed by atoms with van der Waals surface area (Å²) < 4.78 is 0. The van der Waals surface area contributed by atoms with E-state index in [9.17, 15) is 43.8 Å².